The minimum absolute atomic E-state index is 0.323. The lowest BCUT2D eigenvalue weighted by atomic mass is 10.3. The second-order valence-corrected chi connectivity index (χ2v) is 9.82. The Morgan fingerprint density at radius 3 is 1.40 bits per heavy atom. The van der Waals surface area contributed by atoms with E-state index in [1.54, 1.807) is 34.0 Å². The molecule has 0 aliphatic rings. The van der Waals surface area contributed by atoms with Crippen LogP contribution in [0.25, 0.3) is 0 Å². The SMILES string of the molecule is CC(C)[CH2][AlH][CH2]CCC[CH2][AlH][CH2]C(C)C. The fourth-order valence-corrected chi connectivity index (χ4v) is 5.61. The molecule has 0 aromatic rings. The van der Waals surface area contributed by atoms with Crippen LogP contribution in [0.2, 0.25) is 21.1 Å². The predicted molar refractivity (Wildman–Crippen MR) is 77.1 cm³/mol. The van der Waals surface area contributed by atoms with Crippen molar-refractivity contribution >= 4 is 30.4 Å². The van der Waals surface area contributed by atoms with Crippen LogP contribution in [0.5, 0.6) is 0 Å². The lowest BCUT2D eigenvalue weighted by molar-refractivity contribution is 0.713. The molecule has 15 heavy (non-hydrogen) atoms. The van der Waals surface area contributed by atoms with E-state index in [1.807, 2.05) is 0 Å². The molecule has 88 valence electrons. The van der Waals surface area contributed by atoms with Crippen molar-refractivity contribution in [2.24, 2.45) is 11.8 Å². The Labute approximate surface area is 110 Å². The molecule has 0 N–H and O–H groups in total. The second-order valence-electron chi connectivity index (χ2n) is 5.84. The normalized spacial score (nSPS) is 11.1. The highest BCUT2D eigenvalue weighted by Gasteiger charge is 2.00. The summed E-state index contributed by atoms with van der Waals surface area (Å²) in [6.45, 7) is 9.46. The van der Waals surface area contributed by atoms with E-state index >= 15 is 0 Å². The molecule has 0 saturated heterocycles. The lowest BCUT2D eigenvalue weighted by Gasteiger charge is -2.03. The van der Waals surface area contributed by atoms with Gasteiger partial charge in [0.25, 0.3) is 0 Å². The summed E-state index contributed by atoms with van der Waals surface area (Å²) < 4.78 is 0. The zero-order chi connectivity index (χ0) is 11.5. The van der Waals surface area contributed by atoms with Gasteiger partial charge in [0, 0.05) is 0 Å². The van der Waals surface area contributed by atoms with Gasteiger partial charge in [-0.3, -0.25) is 0 Å². The number of hydrogen-bond acceptors (Lipinski definition) is 0. The van der Waals surface area contributed by atoms with E-state index in [0.717, 1.165) is 11.8 Å². The summed E-state index contributed by atoms with van der Waals surface area (Å²) in [5.74, 6) is 1.94. The number of rotatable bonds is 10. The van der Waals surface area contributed by atoms with Crippen LogP contribution in [0.1, 0.15) is 47.0 Å². The number of hydrogen-bond donors (Lipinski definition) is 0. The first-order valence-electron chi connectivity index (χ1n) is 7.13. The molecule has 0 fully saturated rings. The molecule has 0 heterocycles. The van der Waals surface area contributed by atoms with Crippen LogP contribution in [-0.2, 0) is 0 Å². The topological polar surface area (TPSA) is 0 Å². The predicted octanol–water partition coefficient (Wildman–Crippen LogP) is 4.01. The fraction of sp³-hybridized carbons (Fsp3) is 1.00. The first-order chi connectivity index (χ1) is 7.13. The third-order valence-electron chi connectivity index (χ3n) is 3.06. The highest BCUT2D eigenvalue weighted by atomic mass is 27.1. The average Bonchev–Trinajstić information content (AvgIpc) is 2.14. The van der Waals surface area contributed by atoms with Crippen molar-refractivity contribution in [2.75, 3.05) is 0 Å². The Kier molecular flexibility index (Phi) is 12.4. The Morgan fingerprint density at radius 1 is 0.667 bits per heavy atom. The zero-order valence-electron chi connectivity index (χ0n) is 11.5. The van der Waals surface area contributed by atoms with Crippen LogP contribution >= 0.6 is 0 Å². The van der Waals surface area contributed by atoms with Gasteiger partial charge in [-0.2, -0.15) is 0 Å². The van der Waals surface area contributed by atoms with Crippen LogP contribution in [0.4, 0.5) is 0 Å². The van der Waals surface area contributed by atoms with Crippen LogP contribution in [-0.4, -0.2) is 30.4 Å². The highest BCUT2D eigenvalue weighted by Crippen LogP contribution is 2.09. The van der Waals surface area contributed by atoms with Gasteiger partial charge in [0.05, 0.1) is 0 Å². The summed E-state index contributed by atoms with van der Waals surface area (Å²) in [6, 6.07) is 0. The first-order valence-corrected chi connectivity index (χ1v) is 11.1. The molecule has 0 aromatic heterocycles. The first kappa shape index (κ1) is 16.1. The molecule has 0 nitrogen and oxygen atoms in total. The molecule has 0 bridgehead atoms. The van der Waals surface area contributed by atoms with Crippen molar-refractivity contribution in [3.63, 3.8) is 0 Å². The van der Waals surface area contributed by atoms with Gasteiger partial charge in [-0.25, -0.2) is 0 Å². The summed E-state index contributed by atoms with van der Waals surface area (Å²) in [6.07, 6.45) is 4.64. The fourth-order valence-electron chi connectivity index (χ4n) is 1.99. The van der Waals surface area contributed by atoms with Crippen molar-refractivity contribution in [3.05, 3.63) is 0 Å². The molecular formula is C13H30Al2. The smallest absolute Gasteiger partial charge is 0.0972 e. The van der Waals surface area contributed by atoms with Gasteiger partial charge < -0.3 is 0 Å². The van der Waals surface area contributed by atoms with E-state index in [4.69, 9.17) is 0 Å². The summed E-state index contributed by atoms with van der Waals surface area (Å²) in [7, 11) is 0. The van der Waals surface area contributed by atoms with Gasteiger partial charge in [-0.1, -0.05) is 79.9 Å². The summed E-state index contributed by atoms with van der Waals surface area (Å²) in [4.78, 5) is 0. The Bertz CT molecular complexity index is 108. The Morgan fingerprint density at radius 2 is 1.07 bits per heavy atom. The number of unbranched alkanes of at least 4 members (excludes halogenated alkanes) is 2. The van der Waals surface area contributed by atoms with Gasteiger partial charge in [0.15, 0.2) is 0 Å². The molecule has 0 atom stereocenters. The van der Waals surface area contributed by atoms with Gasteiger partial charge in [-0.15, -0.1) is 0 Å². The maximum atomic E-state index is 2.37. The quantitative estimate of drug-likeness (QED) is 0.400. The van der Waals surface area contributed by atoms with Gasteiger partial charge in [0.1, 0.15) is 0 Å². The third kappa shape index (κ3) is 15.1. The van der Waals surface area contributed by atoms with Crippen molar-refractivity contribution in [2.45, 2.75) is 68.1 Å². The Hall–Kier alpha value is 1.06. The van der Waals surface area contributed by atoms with E-state index in [1.165, 1.54) is 6.42 Å². The molecule has 0 aliphatic carbocycles. The van der Waals surface area contributed by atoms with Gasteiger partial charge in [0.2, 0.25) is 30.4 Å². The van der Waals surface area contributed by atoms with Crippen molar-refractivity contribution in [1.29, 1.82) is 0 Å². The molecule has 0 radical (unpaired) electrons. The molecule has 0 amide bonds. The van der Waals surface area contributed by atoms with E-state index < -0.39 is 0 Å². The summed E-state index contributed by atoms with van der Waals surface area (Å²) >= 11 is 0.646. The van der Waals surface area contributed by atoms with E-state index in [0.29, 0.717) is 30.4 Å². The average molecular weight is 240 g/mol. The standard InChI is InChI=1S/C5H10.2C4H9.2Al.2H/c1-3-5-4-2;2*1-4(2)3;;;;/h1-5H2;2*4H,1H2,2-3H3;;;;. The van der Waals surface area contributed by atoms with Crippen LogP contribution in [0, 0.1) is 11.8 Å². The maximum absolute atomic E-state index is 2.37. The lowest BCUT2D eigenvalue weighted by Crippen LogP contribution is -1.97. The van der Waals surface area contributed by atoms with Crippen LogP contribution in [0.15, 0.2) is 0 Å². The third-order valence-corrected chi connectivity index (χ3v) is 8.19. The van der Waals surface area contributed by atoms with E-state index in [9.17, 15) is 0 Å². The molecule has 0 unspecified atom stereocenters. The minimum atomic E-state index is 0.323. The molecule has 0 rings (SSSR count). The molecule has 0 spiro atoms. The van der Waals surface area contributed by atoms with Crippen LogP contribution in [0.3, 0.4) is 0 Å². The van der Waals surface area contributed by atoms with Crippen molar-refractivity contribution < 1.29 is 0 Å². The largest absolute Gasteiger partial charge is 0.237 e. The molecule has 0 aliphatic heterocycles. The summed E-state index contributed by atoms with van der Waals surface area (Å²) in [5, 5.41) is 6.37. The summed E-state index contributed by atoms with van der Waals surface area (Å²) in [5.41, 5.74) is 0. The van der Waals surface area contributed by atoms with E-state index in [-0.39, 0.29) is 0 Å². The minimum Gasteiger partial charge on any atom is -0.0972 e. The molecule has 0 aromatic carbocycles. The monoisotopic (exact) mass is 240 g/mol. The van der Waals surface area contributed by atoms with Crippen molar-refractivity contribution in [1.82, 2.24) is 0 Å². The highest BCUT2D eigenvalue weighted by molar-refractivity contribution is 6.35. The van der Waals surface area contributed by atoms with Crippen LogP contribution < -0.4 is 0 Å². The second kappa shape index (κ2) is 11.5. The molecule has 0 saturated carbocycles. The molecular weight excluding hydrogens is 210 g/mol. The van der Waals surface area contributed by atoms with Gasteiger partial charge >= 0.3 is 0 Å². The Balaban J connectivity index is 2.93. The zero-order valence-corrected chi connectivity index (χ0v) is 14.3. The van der Waals surface area contributed by atoms with Gasteiger partial charge in [-0.05, 0) is 0 Å². The van der Waals surface area contributed by atoms with E-state index in [2.05, 4.69) is 27.7 Å². The van der Waals surface area contributed by atoms with Crippen molar-refractivity contribution in [3.8, 4) is 0 Å². The molecule has 2 heteroatoms. The maximum Gasteiger partial charge on any atom is 0.237 e.